The normalized spacial score (nSPS) is 17.2. The van der Waals surface area contributed by atoms with Gasteiger partial charge < -0.3 is 14.9 Å². The summed E-state index contributed by atoms with van der Waals surface area (Å²) >= 11 is 0. The SMILES string of the molecule is COc1cccc(C(=NC2CCCCCC2)NN)c1OC. The van der Waals surface area contributed by atoms with E-state index in [9.17, 15) is 0 Å². The highest BCUT2D eigenvalue weighted by Gasteiger charge is 2.17. The molecule has 21 heavy (non-hydrogen) atoms. The number of methoxy groups -OCH3 is 2. The van der Waals surface area contributed by atoms with Crippen molar-refractivity contribution in [2.45, 2.75) is 44.6 Å². The van der Waals surface area contributed by atoms with E-state index >= 15 is 0 Å². The molecule has 2 rings (SSSR count). The lowest BCUT2D eigenvalue weighted by atomic mass is 10.1. The van der Waals surface area contributed by atoms with Crippen LogP contribution in [0.2, 0.25) is 0 Å². The van der Waals surface area contributed by atoms with Crippen molar-refractivity contribution in [3.63, 3.8) is 0 Å². The molecule has 0 aliphatic heterocycles. The molecule has 1 aliphatic rings. The van der Waals surface area contributed by atoms with Crippen molar-refractivity contribution in [1.82, 2.24) is 5.43 Å². The van der Waals surface area contributed by atoms with Gasteiger partial charge in [0.25, 0.3) is 0 Å². The predicted octanol–water partition coefficient (Wildman–Crippen LogP) is 2.64. The zero-order chi connectivity index (χ0) is 15.1. The molecule has 116 valence electrons. The zero-order valence-corrected chi connectivity index (χ0v) is 12.9. The Bertz CT molecular complexity index is 480. The lowest BCUT2D eigenvalue weighted by molar-refractivity contribution is 0.354. The van der Waals surface area contributed by atoms with Crippen LogP contribution in [-0.2, 0) is 0 Å². The molecule has 1 fully saturated rings. The fraction of sp³-hybridized carbons (Fsp3) is 0.562. The van der Waals surface area contributed by atoms with Crippen molar-refractivity contribution in [3.8, 4) is 11.5 Å². The summed E-state index contributed by atoms with van der Waals surface area (Å²) in [4.78, 5) is 4.81. The molecule has 1 aromatic carbocycles. The first-order valence-corrected chi connectivity index (χ1v) is 7.56. The molecule has 0 atom stereocenters. The van der Waals surface area contributed by atoms with E-state index in [4.69, 9.17) is 20.3 Å². The molecular formula is C16H25N3O2. The van der Waals surface area contributed by atoms with Crippen LogP contribution in [0.3, 0.4) is 0 Å². The number of nitrogens with one attached hydrogen (secondary N) is 1. The molecule has 3 N–H and O–H groups in total. The monoisotopic (exact) mass is 291 g/mol. The average molecular weight is 291 g/mol. The van der Waals surface area contributed by atoms with E-state index in [0.29, 0.717) is 23.4 Å². The van der Waals surface area contributed by atoms with Crippen LogP contribution in [0.15, 0.2) is 23.2 Å². The van der Waals surface area contributed by atoms with Gasteiger partial charge in [0.15, 0.2) is 11.5 Å². The number of hydrogen-bond acceptors (Lipinski definition) is 4. The summed E-state index contributed by atoms with van der Waals surface area (Å²) in [6, 6.07) is 6.05. The summed E-state index contributed by atoms with van der Waals surface area (Å²) in [5.74, 6) is 7.70. The maximum Gasteiger partial charge on any atom is 0.171 e. The van der Waals surface area contributed by atoms with E-state index in [0.717, 1.165) is 18.4 Å². The second-order valence-electron chi connectivity index (χ2n) is 5.31. The summed E-state index contributed by atoms with van der Waals surface area (Å²) in [5.41, 5.74) is 3.56. The minimum Gasteiger partial charge on any atom is -0.493 e. The number of nitrogens with zero attached hydrogens (tertiary/aromatic N) is 1. The van der Waals surface area contributed by atoms with Gasteiger partial charge in [0.1, 0.15) is 5.84 Å². The van der Waals surface area contributed by atoms with Gasteiger partial charge in [0.05, 0.1) is 25.8 Å². The van der Waals surface area contributed by atoms with Crippen LogP contribution >= 0.6 is 0 Å². The van der Waals surface area contributed by atoms with Crippen LogP contribution in [0.4, 0.5) is 0 Å². The lowest BCUT2D eigenvalue weighted by Gasteiger charge is -2.16. The molecule has 0 aromatic heterocycles. The van der Waals surface area contributed by atoms with Gasteiger partial charge in [0.2, 0.25) is 0 Å². The minimum absolute atomic E-state index is 0.328. The molecule has 5 heteroatoms. The van der Waals surface area contributed by atoms with E-state index < -0.39 is 0 Å². The Kier molecular flexibility index (Phi) is 5.87. The van der Waals surface area contributed by atoms with Gasteiger partial charge in [0, 0.05) is 0 Å². The molecule has 0 heterocycles. The van der Waals surface area contributed by atoms with Crippen molar-refractivity contribution in [2.24, 2.45) is 10.8 Å². The highest BCUT2D eigenvalue weighted by atomic mass is 16.5. The van der Waals surface area contributed by atoms with Gasteiger partial charge in [-0.25, -0.2) is 5.84 Å². The minimum atomic E-state index is 0.328. The van der Waals surface area contributed by atoms with Gasteiger partial charge in [-0.2, -0.15) is 0 Å². The van der Waals surface area contributed by atoms with Gasteiger partial charge >= 0.3 is 0 Å². The molecule has 0 radical (unpaired) electrons. The summed E-state index contributed by atoms with van der Waals surface area (Å²) in [5, 5.41) is 0. The van der Waals surface area contributed by atoms with Crippen LogP contribution in [0.1, 0.15) is 44.1 Å². The molecule has 0 saturated heterocycles. The first kappa shape index (κ1) is 15.6. The van der Waals surface area contributed by atoms with Crippen molar-refractivity contribution in [3.05, 3.63) is 23.8 Å². The second kappa shape index (κ2) is 7.88. The highest BCUT2D eigenvalue weighted by molar-refractivity contribution is 6.01. The van der Waals surface area contributed by atoms with Gasteiger partial charge in [-0.05, 0) is 25.0 Å². The van der Waals surface area contributed by atoms with Gasteiger partial charge in [-0.3, -0.25) is 4.99 Å². The largest absolute Gasteiger partial charge is 0.493 e. The Hall–Kier alpha value is -1.75. The van der Waals surface area contributed by atoms with Crippen LogP contribution in [0, 0.1) is 0 Å². The molecule has 1 saturated carbocycles. The first-order valence-electron chi connectivity index (χ1n) is 7.56. The molecule has 1 aliphatic carbocycles. The molecular weight excluding hydrogens is 266 g/mol. The zero-order valence-electron chi connectivity index (χ0n) is 12.9. The van der Waals surface area contributed by atoms with Crippen LogP contribution < -0.4 is 20.7 Å². The van der Waals surface area contributed by atoms with E-state index in [-0.39, 0.29) is 0 Å². The Morgan fingerprint density at radius 3 is 2.43 bits per heavy atom. The number of nitrogens with two attached hydrogens (primary N) is 1. The van der Waals surface area contributed by atoms with Crippen LogP contribution in [0.5, 0.6) is 11.5 Å². The standard InChI is InChI=1S/C16H25N3O2/c1-20-14-11-7-10-13(15(14)21-2)16(19-17)18-12-8-5-3-4-6-9-12/h7,10-12H,3-6,8-9,17H2,1-2H3,(H,18,19). The fourth-order valence-corrected chi connectivity index (χ4v) is 2.83. The van der Waals surface area contributed by atoms with E-state index in [1.807, 2.05) is 18.2 Å². The number of aliphatic imine (C=N–C) groups is 1. The molecule has 0 unspecified atom stereocenters. The summed E-state index contributed by atoms with van der Waals surface area (Å²) < 4.78 is 10.8. The van der Waals surface area contributed by atoms with Crippen molar-refractivity contribution in [1.29, 1.82) is 0 Å². The van der Waals surface area contributed by atoms with Crippen LogP contribution in [-0.4, -0.2) is 26.1 Å². The first-order chi connectivity index (χ1) is 10.3. The summed E-state index contributed by atoms with van der Waals surface area (Å²) in [6.45, 7) is 0. The van der Waals surface area contributed by atoms with Gasteiger partial charge in [-0.15, -0.1) is 0 Å². The Balaban J connectivity index is 2.31. The number of rotatable bonds is 4. The van der Waals surface area contributed by atoms with Crippen molar-refractivity contribution < 1.29 is 9.47 Å². The Morgan fingerprint density at radius 1 is 1.14 bits per heavy atom. The number of ether oxygens (including phenoxy) is 2. The van der Waals surface area contributed by atoms with Crippen LogP contribution in [0.25, 0.3) is 0 Å². The number of para-hydroxylation sites is 1. The average Bonchev–Trinajstić information content (AvgIpc) is 2.80. The van der Waals surface area contributed by atoms with E-state index in [1.54, 1.807) is 14.2 Å². The predicted molar refractivity (Wildman–Crippen MR) is 84.9 cm³/mol. The molecule has 5 nitrogen and oxygen atoms in total. The maximum atomic E-state index is 5.70. The quantitative estimate of drug-likeness (QED) is 0.294. The molecule has 0 bridgehead atoms. The summed E-state index contributed by atoms with van der Waals surface area (Å²) in [7, 11) is 3.25. The maximum absolute atomic E-state index is 5.70. The third-order valence-electron chi connectivity index (χ3n) is 3.93. The second-order valence-corrected chi connectivity index (χ2v) is 5.31. The van der Waals surface area contributed by atoms with Gasteiger partial charge in [-0.1, -0.05) is 31.7 Å². The summed E-state index contributed by atoms with van der Waals surface area (Å²) in [6.07, 6.45) is 7.33. The number of benzene rings is 1. The molecule has 0 amide bonds. The Labute approximate surface area is 126 Å². The number of amidine groups is 1. The third-order valence-corrected chi connectivity index (χ3v) is 3.93. The molecule has 0 spiro atoms. The molecule has 1 aromatic rings. The van der Waals surface area contributed by atoms with E-state index in [1.165, 1.54) is 25.7 Å². The van der Waals surface area contributed by atoms with Crippen molar-refractivity contribution >= 4 is 5.84 Å². The van der Waals surface area contributed by atoms with Crippen molar-refractivity contribution in [2.75, 3.05) is 14.2 Å². The fourth-order valence-electron chi connectivity index (χ4n) is 2.83. The van der Waals surface area contributed by atoms with E-state index in [2.05, 4.69) is 5.43 Å². The topological polar surface area (TPSA) is 68.9 Å². The number of hydrazine groups is 1. The highest BCUT2D eigenvalue weighted by Crippen LogP contribution is 2.31. The smallest absolute Gasteiger partial charge is 0.171 e. The Morgan fingerprint density at radius 2 is 1.86 bits per heavy atom. The number of hydrogen-bond donors (Lipinski definition) is 2. The third kappa shape index (κ3) is 3.88. The lowest BCUT2D eigenvalue weighted by Crippen LogP contribution is -2.32.